The highest BCUT2D eigenvalue weighted by molar-refractivity contribution is 9.10. The lowest BCUT2D eigenvalue weighted by atomic mass is 10.4. The molecule has 0 aliphatic carbocycles. The Labute approximate surface area is 99.2 Å². The van der Waals surface area contributed by atoms with Crippen molar-refractivity contribution < 1.29 is 14.0 Å². The summed E-state index contributed by atoms with van der Waals surface area (Å²) in [4.78, 5) is 0. The number of nitrogens with zero attached hydrogens (tertiary/aromatic N) is 1. The molecule has 6 heteroatoms. The van der Waals surface area contributed by atoms with E-state index in [0.717, 1.165) is 5.06 Å². The molecule has 1 N–H and O–H groups in total. The molecule has 0 atom stereocenters. The summed E-state index contributed by atoms with van der Waals surface area (Å²) >= 11 is 8.38. The van der Waals surface area contributed by atoms with Crippen LogP contribution >= 0.6 is 28.1 Å². The van der Waals surface area contributed by atoms with E-state index < -0.39 is 0 Å². The van der Waals surface area contributed by atoms with Gasteiger partial charge in [0.1, 0.15) is 6.26 Å². The summed E-state index contributed by atoms with van der Waals surface area (Å²) in [5.41, 5.74) is 1.01. The average molecular weight is 290 g/mol. The van der Waals surface area contributed by atoms with Crippen LogP contribution in [0.15, 0.2) is 25.6 Å². The van der Waals surface area contributed by atoms with Crippen LogP contribution in [0, 0.1) is 4.51 Å². The molecular weight excluding hydrogens is 282 g/mol. The van der Waals surface area contributed by atoms with Crippen LogP contribution in [0.5, 0.6) is 0 Å². The number of furan rings is 1. The molecule has 2 aromatic rings. The fourth-order valence-corrected chi connectivity index (χ4v) is 1.78. The normalized spacial score (nSPS) is 10.9. The highest BCUT2D eigenvalue weighted by Gasteiger charge is 2.12. The molecule has 0 fully saturated rings. The SMILES string of the molecule is CCN(O)c1cc(=S)c2occ(Br)c2o1. The first-order valence-electron chi connectivity index (χ1n) is 4.30. The van der Waals surface area contributed by atoms with Crippen LogP contribution in [0.4, 0.5) is 5.88 Å². The van der Waals surface area contributed by atoms with Gasteiger partial charge >= 0.3 is 0 Å². The predicted octanol–water partition coefficient (Wildman–Crippen LogP) is 3.73. The zero-order chi connectivity index (χ0) is 11.0. The zero-order valence-corrected chi connectivity index (χ0v) is 10.3. The molecule has 0 spiro atoms. The topological polar surface area (TPSA) is 49.8 Å². The van der Waals surface area contributed by atoms with Crippen molar-refractivity contribution in [3.8, 4) is 0 Å². The van der Waals surface area contributed by atoms with E-state index in [1.54, 1.807) is 13.0 Å². The van der Waals surface area contributed by atoms with Crippen molar-refractivity contribution in [2.45, 2.75) is 6.92 Å². The molecule has 0 aromatic carbocycles. The van der Waals surface area contributed by atoms with Crippen LogP contribution in [-0.4, -0.2) is 11.8 Å². The lowest BCUT2D eigenvalue weighted by molar-refractivity contribution is 0.239. The zero-order valence-electron chi connectivity index (χ0n) is 7.86. The molecule has 0 aliphatic rings. The molecule has 80 valence electrons. The summed E-state index contributed by atoms with van der Waals surface area (Å²) < 4.78 is 11.8. The minimum Gasteiger partial charge on any atom is -0.458 e. The van der Waals surface area contributed by atoms with E-state index in [1.807, 2.05) is 0 Å². The van der Waals surface area contributed by atoms with Crippen molar-refractivity contribution in [3.63, 3.8) is 0 Å². The van der Waals surface area contributed by atoms with Crippen LogP contribution in [0.1, 0.15) is 6.92 Å². The third-order valence-electron chi connectivity index (χ3n) is 1.94. The Morgan fingerprint density at radius 2 is 2.27 bits per heavy atom. The van der Waals surface area contributed by atoms with Crippen molar-refractivity contribution >= 4 is 45.2 Å². The third kappa shape index (κ3) is 1.80. The van der Waals surface area contributed by atoms with Crippen molar-refractivity contribution in [3.05, 3.63) is 21.3 Å². The second-order valence-corrected chi connectivity index (χ2v) is 4.20. The molecule has 2 rings (SSSR count). The van der Waals surface area contributed by atoms with Gasteiger partial charge in [0.05, 0.1) is 8.98 Å². The average Bonchev–Trinajstić information content (AvgIpc) is 2.60. The van der Waals surface area contributed by atoms with E-state index in [4.69, 9.17) is 21.1 Å². The van der Waals surface area contributed by atoms with Gasteiger partial charge in [0.25, 0.3) is 0 Å². The summed E-state index contributed by atoms with van der Waals surface area (Å²) in [6, 6.07) is 1.55. The van der Waals surface area contributed by atoms with E-state index in [0.29, 0.717) is 32.6 Å². The predicted molar refractivity (Wildman–Crippen MR) is 61.8 cm³/mol. The highest BCUT2D eigenvalue weighted by atomic mass is 79.9. The van der Waals surface area contributed by atoms with E-state index in [-0.39, 0.29) is 0 Å². The molecule has 0 aliphatic heterocycles. The summed E-state index contributed by atoms with van der Waals surface area (Å²) in [6.07, 6.45) is 1.50. The van der Waals surface area contributed by atoms with Crippen molar-refractivity contribution in [1.82, 2.24) is 0 Å². The first kappa shape index (κ1) is 10.7. The van der Waals surface area contributed by atoms with Crippen LogP contribution in [-0.2, 0) is 0 Å². The van der Waals surface area contributed by atoms with Gasteiger partial charge in [-0.2, -0.15) is 0 Å². The molecule has 0 bridgehead atoms. The molecule has 2 aromatic heterocycles. The van der Waals surface area contributed by atoms with Crippen molar-refractivity contribution in [1.29, 1.82) is 0 Å². The van der Waals surface area contributed by atoms with Gasteiger partial charge in [-0.25, -0.2) is 5.06 Å². The van der Waals surface area contributed by atoms with Gasteiger partial charge in [-0.3, -0.25) is 5.21 Å². The number of rotatable bonds is 2. The summed E-state index contributed by atoms with van der Waals surface area (Å²) in [6.45, 7) is 2.21. The monoisotopic (exact) mass is 289 g/mol. The summed E-state index contributed by atoms with van der Waals surface area (Å²) in [5.74, 6) is 0.303. The van der Waals surface area contributed by atoms with Gasteiger partial charge in [0.15, 0.2) is 11.2 Å². The molecular formula is C9H8BrNO3S. The largest absolute Gasteiger partial charge is 0.458 e. The van der Waals surface area contributed by atoms with Gasteiger partial charge in [0, 0.05) is 12.6 Å². The first-order valence-corrected chi connectivity index (χ1v) is 5.51. The Bertz CT molecular complexity index is 548. The van der Waals surface area contributed by atoms with E-state index in [1.165, 1.54) is 6.26 Å². The Hall–Kier alpha value is -0.850. The van der Waals surface area contributed by atoms with Crippen LogP contribution in [0.25, 0.3) is 11.2 Å². The molecule has 4 nitrogen and oxygen atoms in total. The number of hydroxylamine groups is 1. The van der Waals surface area contributed by atoms with Gasteiger partial charge in [-0.1, -0.05) is 12.2 Å². The Balaban J connectivity index is 2.70. The Kier molecular flexibility index (Phi) is 2.81. The molecule has 2 heterocycles. The van der Waals surface area contributed by atoms with Crippen molar-refractivity contribution in [2.75, 3.05) is 11.6 Å². The fourth-order valence-electron chi connectivity index (χ4n) is 1.19. The van der Waals surface area contributed by atoms with Gasteiger partial charge in [-0.05, 0) is 22.9 Å². The quantitative estimate of drug-likeness (QED) is 0.674. The van der Waals surface area contributed by atoms with Gasteiger partial charge < -0.3 is 8.83 Å². The lowest BCUT2D eigenvalue weighted by Crippen LogP contribution is -2.16. The summed E-state index contributed by atoms with van der Waals surface area (Å²) in [5, 5.41) is 10.5. The fraction of sp³-hybridized carbons (Fsp3) is 0.222. The van der Waals surface area contributed by atoms with Crippen molar-refractivity contribution in [2.24, 2.45) is 0 Å². The molecule has 15 heavy (non-hydrogen) atoms. The minimum atomic E-state index is 0.303. The lowest BCUT2D eigenvalue weighted by Gasteiger charge is -2.11. The van der Waals surface area contributed by atoms with E-state index in [2.05, 4.69) is 15.9 Å². The molecule has 0 unspecified atom stereocenters. The second-order valence-electron chi connectivity index (χ2n) is 2.91. The number of hydrogen-bond acceptors (Lipinski definition) is 5. The van der Waals surface area contributed by atoms with Gasteiger partial charge in [-0.15, -0.1) is 0 Å². The van der Waals surface area contributed by atoms with E-state index >= 15 is 0 Å². The Morgan fingerprint density at radius 3 is 2.93 bits per heavy atom. The minimum absolute atomic E-state index is 0.303. The van der Waals surface area contributed by atoms with Crippen LogP contribution < -0.4 is 5.06 Å². The maximum Gasteiger partial charge on any atom is 0.221 e. The maximum atomic E-state index is 9.49. The van der Waals surface area contributed by atoms with Crippen LogP contribution in [0.2, 0.25) is 0 Å². The van der Waals surface area contributed by atoms with E-state index in [9.17, 15) is 5.21 Å². The third-order valence-corrected chi connectivity index (χ3v) is 2.79. The Morgan fingerprint density at radius 1 is 1.53 bits per heavy atom. The highest BCUT2D eigenvalue weighted by Crippen LogP contribution is 2.30. The second kappa shape index (κ2) is 3.96. The number of anilines is 1. The molecule has 0 radical (unpaired) electrons. The number of hydrogen-bond donors (Lipinski definition) is 1. The summed E-state index contributed by atoms with van der Waals surface area (Å²) in [7, 11) is 0. The first-order chi connectivity index (χ1) is 7.13. The van der Waals surface area contributed by atoms with Gasteiger partial charge in [0.2, 0.25) is 5.88 Å². The standard InChI is InChI=1S/C9H8BrNO3S/c1-2-11(12)7-3-6(15)9-8(14-7)5(10)4-13-9/h3-4,12H,2H2,1H3. The number of halogens is 1. The molecule has 0 amide bonds. The number of fused-ring (bicyclic) bond motifs is 1. The van der Waals surface area contributed by atoms with Crippen LogP contribution in [0.3, 0.4) is 0 Å². The molecule has 0 saturated carbocycles. The maximum absolute atomic E-state index is 9.49. The smallest absolute Gasteiger partial charge is 0.221 e. The molecule has 0 saturated heterocycles.